The Hall–Kier alpha value is -3.02. The molecule has 1 amide bonds. The molecule has 0 aromatic heterocycles. The summed E-state index contributed by atoms with van der Waals surface area (Å²) in [6.07, 6.45) is 3.11. The quantitative estimate of drug-likeness (QED) is 0.681. The van der Waals surface area contributed by atoms with Gasteiger partial charge in [0.2, 0.25) is 12.7 Å². The molecular formula is C23H25NO5. The maximum atomic E-state index is 13.9. The second-order valence-corrected chi connectivity index (χ2v) is 7.55. The molecule has 0 radical (unpaired) electrons. The van der Waals surface area contributed by atoms with Crippen LogP contribution in [0.4, 0.5) is 5.69 Å². The molecule has 152 valence electrons. The van der Waals surface area contributed by atoms with Crippen molar-refractivity contribution in [2.45, 2.75) is 44.4 Å². The lowest BCUT2D eigenvalue weighted by Crippen LogP contribution is -2.42. The fourth-order valence-corrected chi connectivity index (χ4v) is 4.39. The number of fused-ring (bicyclic) bond motifs is 2. The van der Waals surface area contributed by atoms with E-state index in [9.17, 15) is 14.7 Å². The highest BCUT2D eigenvalue weighted by Crippen LogP contribution is 2.50. The third-order valence-electron chi connectivity index (χ3n) is 5.83. The van der Waals surface area contributed by atoms with Gasteiger partial charge in [0.25, 0.3) is 0 Å². The Bertz CT molecular complexity index is 941. The summed E-state index contributed by atoms with van der Waals surface area (Å²) in [5.41, 5.74) is 1.44. The summed E-state index contributed by atoms with van der Waals surface area (Å²) < 4.78 is 11.0. The Morgan fingerprint density at radius 2 is 1.93 bits per heavy atom. The van der Waals surface area contributed by atoms with E-state index in [1.54, 1.807) is 6.07 Å². The summed E-state index contributed by atoms with van der Waals surface area (Å²) in [4.78, 5) is 27.1. The number of para-hydroxylation sites is 1. The van der Waals surface area contributed by atoms with E-state index >= 15 is 0 Å². The van der Waals surface area contributed by atoms with Crippen LogP contribution in [-0.4, -0.2) is 30.3 Å². The molecule has 2 aromatic carbocycles. The zero-order valence-corrected chi connectivity index (χ0v) is 16.5. The molecule has 1 N–H and O–H groups in total. The van der Waals surface area contributed by atoms with Crippen LogP contribution in [0, 0.1) is 0 Å². The zero-order valence-electron chi connectivity index (χ0n) is 16.5. The second-order valence-electron chi connectivity index (χ2n) is 7.55. The third kappa shape index (κ3) is 3.22. The van der Waals surface area contributed by atoms with E-state index in [0.717, 1.165) is 36.1 Å². The summed E-state index contributed by atoms with van der Waals surface area (Å²) in [5, 5.41) is 9.39. The van der Waals surface area contributed by atoms with Crippen LogP contribution in [0.2, 0.25) is 0 Å². The molecule has 6 heteroatoms. The van der Waals surface area contributed by atoms with Gasteiger partial charge in [0.15, 0.2) is 11.5 Å². The largest absolute Gasteiger partial charge is 0.481 e. The molecule has 4 rings (SSSR count). The minimum absolute atomic E-state index is 0.0603. The van der Waals surface area contributed by atoms with Gasteiger partial charge in [0.05, 0.1) is 0 Å². The van der Waals surface area contributed by atoms with Crippen molar-refractivity contribution >= 4 is 17.6 Å². The van der Waals surface area contributed by atoms with E-state index < -0.39 is 11.4 Å². The monoisotopic (exact) mass is 395 g/mol. The van der Waals surface area contributed by atoms with Crippen LogP contribution in [0.25, 0.3) is 0 Å². The van der Waals surface area contributed by atoms with Gasteiger partial charge in [-0.2, -0.15) is 0 Å². The minimum atomic E-state index is -1.04. The lowest BCUT2D eigenvalue weighted by atomic mass is 9.72. The molecule has 0 fully saturated rings. The van der Waals surface area contributed by atoms with Crippen LogP contribution in [0.15, 0.2) is 42.5 Å². The van der Waals surface area contributed by atoms with Gasteiger partial charge in [-0.25, -0.2) is 0 Å². The van der Waals surface area contributed by atoms with Gasteiger partial charge >= 0.3 is 5.97 Å². The highest BCUT2D eigenvalue weighted by atomic mass is 16.7. The van der Waals surface area contributed by atoms with Crippen LogP contribution < -0.4 is 14.4 Å². The molecule has 1 atom stereocenters. The first-order valence-electron chi connectivity index (χ1n) is 10.1. The van der Waals surface area contributed by atoms with E-state index in [4.69, 9.17) is 9.47 Å². The number of rotatable bonds is 8. The molecule has 0 bridgehead atoms. The van der Waals surface area contributed by atoms with Gasteiger partial charge in [0, 0.05) is 18.7 Å². The predicted molar refractivity (Wildman–Crippen MR) is 109 cm³/mol. The van der Waals surface area contributed by atoms with Crippen LogP contribution in [0.3, 0.4) is 0 Å². The number of carbonyl (C=O) groups excluding carboxylic acids is 1. The van der Waals surface area contributed by atoms with Crippen molar-refractivity contribution in [3.05, 3.63) is 53.6 Å². The molecule has 0 aliphatic carbocycles. The Balaban J connectivity index is 1.83. The highest BCUT2D eigenvalue weighted by Gasteiger charge is 2.52. The maximum absolute atomic E-state index is 13.9. The molecule has 0 saturated heterocycles. The fraction of sp³-hybridized carbons (Fsp3) is 0.391. The van der Waals surface area contributed by atoms with E-state index in [2.05, 4.69) is 6.92 Å². The second kappa shape index (κ2) is 7.78. The lowest BCUT2D eigenvalue weighted by Gasteiger charge is -2.29. The van der Waals surface area contributed by atoms with E-state index in [0.29, 0.717) is 18.0 Å². The van der Waals surface area contributed by atoms with E-state index in [1.807, 2.05) is 41.3 Å². The number of hydrogen-bond donors (Lipinski definition) is 1. The number of ether oxygens (including phenoxy) is 2. The summed E-state index contributed by atoms with van der Waals surface area (Å²) in [6, 6.07) is 13.2. The van der Waals surface area contributed by atoms with Crippen molar-refractivity contribution in [1.82, 2.24) is 0 Å². The molecule has 2 aliphatic heterocycles. The number of amides is 1. The van der Waals surface area contributed by atoms with E-state index in [-0.39, 0.29) is 25.5 Å². The number of unbranched alkanes of at least 4 members (excludes halogenated alkanes) is 2. The molecule has 6 nitrogen and oxygen atoms in total. The highest BCUT2D eigenvalue weighted by molar-refractivity contribution is 6.10. The summed E-state index contributed by atoms with van der Waals surface area (Å²) in [6.45, 7) is 2.90. The molecule has 2 heterocycles. The maximum Gasteiger partial charge on any atom is 0.303 e. The Morgan fingerprint density at radius 1 is 1.14 bits per heavy atom. The van der Waals surface area contributed by atoms with Gasteiger partial charge in [-0.3, -0.25) is 9.59 Å². The van der Waals surface area contributed by atoms with Crippen LogP contribution in [0.5, 0.6) is 11.5 Å². The Kier molecular flexibility index (Phi) is 5.18. The van der Waals surface area contributed by atoms with Crippen molar-refractivity contribution in [3.8, 4) is 11.5 Å². The number of hydrogen-bond acceptors (Lipinski definition) is 4. The first-order chi connectivity index (χ1) is 14.1. The summed E-state index contributed by atoms with van der Waals surface area (Å²) >= 11 is 0. The van der Waals surface area contributed by atoms with Gasteiger partial charge in [-0.05, 0) is 42.2 Å². The van der Waals surface area contributed by atoms with Crippen LogP contribution in [-0.2, 0) is 15.0 Å². The average Bonchev–Trinajstić information content (AvgIpc) is 3.28. The third-order valence-corrected chi connectivity index (χ3v) is 5.83. The van der Waals surface area contributed by atoms with Gasteiger partial charge in [0.1, 0.15) is 5.41 Å². The first-order valence-corrected chi connectivity index (χ1v) is 10.1. The van der Waals surface area contributed by atoms with Crippen molar-refractivity contribution in [3.63, 3.8) is 0 Å². The van der Waals surface area contributed by atoms with Crippen molar-refractivity contribution in [2.24, 2.45) is 0 Å². The summed E-state index contributed by atoms with van der Waals surface area (Å²) in [7, 11) is 0. The van der Waals surface area contributed by atoms with Crippen molar-refractivity contribution < 1.29 is 24.2 Å². The predicted octanol–water partition coefficient (Wildman–Crippen LogP) is 4.10. The van der Waals surface area contributed by atoms with Crippen molar-refractivity contribution in [2.75, 3.05) is 18.2 Å². The number of carbonyl (C=O) groups is 2. The molecule has 2 aromatic rings. The number of carboxylic acid groups (broad SMARTS) is 1. The lowest BCUT2D eigenvalue weighted by molar-refractivity contribution is -0.137. The normalized spacial score (nSPS) is 19.5. The van der Waals surface area contributed by atoms with Gasteiger partial charge in [-0.15, -0.1) is 0 Å². The summed E-state index contributed by atoms with van der Waals surface area (Å²) in [5.74, 6) is 0.252. The molecule has 0 spiro atoms. The average molecular weight is 395 g/mol. The first kappa shape index (κ1) is 19.3. The molecule has 1 unspecified atom stereocenters. The van der Waals surface area contributed by atoms with Crippen LogP contribution >= 0.6 is 0 Å². The van der Waals surface area contributed by atoms with E-state index in [1.165, 1.54) is 0 Å². The topological polar surface area (TPSA) is 76.1 Å². The molecule has 0 saturated carbocycles. The zero-order chi connectivity index (χ0) is 20.4. The standard InChI is InChI=1S/C23H25NO5/c1-2-3-6-13-24-18-8-5-4-7-17(18)23(22(24)27,12-11-21(25)26)16-9-10-19-20(14-16)29-15-28-19/h4-5,7-10,14H,2-3,6,11-13,15H2,1H3,(H,25,26). The smallest absolute Gasteiger partial charge is 0.303 e. The van der Waals surface area contributed by atoms with Crippen molar-refractivity contribution in [1.29, 1.82) is 0 Å². The SMILES string of the molecule is CCCCCN1C(=O)C(CCC(=O)O)(c2ccc3c(c2)OCO3)c2ccccc21. The number of benzene rings is 2. The number of anilines is 1. The number of aliphatic carboxylic acids is 1. The molecular weight excluding hydrogens is 370 g/mol. The Labute approximate surface area is 170 Å². The van der Waals surface area contributed by atoms with Gasteiger partial charge < -0.3 is 19.5 Å². The van der Waals surface area contributed by atoms with Gasteiger partial charge in [-0.1, -0.05) is 44.0 Å². The minimum Gasteiger partial charge on any atom is -0.481 e. The fourth-order valence-electron chi connectivity index (χ4n) is 4.39. The number of carboxylic acids is 1. The Morgan fingerprint density at radius 3 is 2.72 bits per heavy atom. The molecule has 2 aliphatic rings. The number of nitrogens with zero attached hydrogens (tertiary/aromatic N) is 1. The van der Waals surface area contributed by atoms with Crippen LogP contribution in [0.1, 0.15) is 50.2 Å². The molecule has 29 heavy (non-hydrogen) atoms.